The number of hydrogen-bond acceptors (Lipinski definition) is 3. The molecular formula is C20H27N3O. The van der Waals surface area contributed by atoms with Crippen LogP contribution in [0.15, 0.2) is 35.4 Å². The summed E-state index contributed by atoms with van der Waals surface area (Å²) in [6.07, 6.45) is 8.79. The third-order valence-corrected chi connectivity index (χ3v) is 5.89. The molecule has 0 bridgehead atoms. The van der Waals surface area contributed by atoms with Crippen LogP contribution in [0.4, 0.5) is 0 Å². The highest BCUT2D eigenvalue weighted by Crippen LogP contribution is 2.35. The van der Waals surface area contributed by atoms with Crippen LogP contribution in [0.3, 0.4) is 0 Å². The van der Waals surface area contributed by atoms with E-state index in [1.54, 1.807) is 5.01 Å². The molecule has 1 aromatic carbocycles. The minimum atomic E-state index is 0.173. The van der Waals surface area contributed by atoms with Gasteiger partial charge in [0, 0.05) is 12.5 Å². The van der Waals surface area contributed by atoms with E-state index < -0.39 is 0 Å². The average molecular weight is 325 g/mol. The Kier molecular flexibility index (Phi) is 4.65. The number of benzene rings is 1. The van der Waals surface area contributed by atoms with Gasteiger partial charge in [-0.3, -0.25) is 9.69 Å². The number of carbonyl (C=O) groups excluding carboxylic acids is 1. The second kappa shape index (κ2) is 7.06. The molecule has 4 rings (SSSR count). The predicted molar refractivity (Wildman–Crippen MR) is 95.9 cm³/mol. The zero-order valence-electron chi connectivity index (χ0n) is 14.4. The lowest BCUT2D eigenvalue weighted by molar-refractivity contribution is -0.133. The summed E-state index contributed by atoms with van der Waals surface area (Å²) in [5, 5.41) is 6.30. The highest BCUT2D eigenvalue weighted by molar-refractivity contribution is 6.02. The summed E-state index contributed by atoms with van der Waals surface area (Å²) >= 11 is 0. The molecule has 0 spiro atoms. The van der Waals surface area contributed by atoms with Crippen LogP contribution in [0.2, 0.25) is 0 Å². The molecule has 2 fully saturated rings. The molecule has 3 aliphatic rings. The van der Waals surface area contributed by atoms with Gasteiger partial charge in [-0.1, -0.05) is 43.2 Å². The van der Waals surface area contributed by atoms with Crippen LogP contribution in [-0.4, -0.2) is 47.2 Å². The molecule has 24 heavy (non-hydrogen) atoms. The van der Waals surface area contributed by atoms with Crippen molar-refractivity contribution >= 4 is 11.6 Å². The van der Waals surface area contributed by atoms with E-state index in [1.807, 2.05) is 18.2 Å². The molecular weight excluding hydrogens is 298 g/mol. The number of amides is 1. The standard InChI is InChI=1S/C20H27N3O/c24-20(15-22-13-6-10-17-9-4-5-11-19(17)22)23-14-12-18(21-23)16-7-2-1-3-8-16/h1-3,7-8,17,19H,4-6,9-15H2. The van der Waals surface area contributed by atoms with E-state index in [0.717, 1.165) is 36.7 Å². The average Bonchev–Trinajstić information content (AvgIpc) is 3.13. The van der Waals surface area contributed by atoms with Crippen LogP contribution >= 0.6 is 0 Å². The van der Waals surface area contributed by atoms with Crippen LogP contribution in [0, 0.1) is 5.92 Å². The fourth-order valence-corrected chi connectivity index (χ4v) is 4.65. The normalized spacial score (nSPS) is 27.7. The summed E-state index contributed by atoms with van der Waals surface area (Å²) in [6.45, 7) is 2.35. The van der Waals surface area contributed by atoms with Gasteiger partial charge in [0.05, 0.1) is 18.8 Å². The molecule has 1 aromatic rings. The number of hydrazone groups is 1. The molecule has 2 unspecified atom stereocenters. The van der Waals surface area contributed by atoms with Crippen LogP contribution in [-0.2, 0) is 4.79 Å². The van der Waals surface area contributed by atoms with E-state index in [9.17, 15) is 4.79 Å². The van der Waals surface area contributed by atoms with Crippen molar-refractivity contribution in [3.63, 3.8) is 0 Å². The van der Waals surface area contributed by atoms with Crippen molar-refractivity contribution in [2.75, 3.05) is 19.6 Å². The molecule has 1 saturated carbocycles. The monoisotopic (exact) mass is 325 g/mol. The third-order valence-electron chi connectivity index (χ3n) is 5.89. The van der Waals surface area contributed by atoms with Crippen LogP contribution in [0.1, 0.15) is 50.5 Å². The number of nitrogens with zero attached hydrogens (tertiary/aromatic N) is 3. The van der Waals surface area contributed by atoms with Gasteiger partial charge >= 0.3 is 0 Å². The van der Waals surface area contributed by atoms with Crippen molar-refractivity contribution in [1.82, 2.24) is 9.91 Å². The van der Waals surface area contributed by atoms with Crippen LogP contribution in [0.25, 0.3) is 0 Å². The van der Waals surface area contributed by atoms with Crippen molar-refractivity contribution in [2.45, 2.75) is 51.0 Å². The maximum atomic E-state index is 12.7. The highest BCUT2D eigenvalue weighted by atomic mass is 16.2. The van der Waals surface area contributed by atoms with Crippen molar-refractivity contribution in [2.24, 2.45) is 11.0 Å². The smallest absolute Gasteiger partial charge is 0.256 e. The topological polar surface area (TPSA) is 35.9 Å². The van der Waals surface area contributed by atoms with Gasteiger partial charge in [0.25, 0.3) is 5.91 Å². The zero-order chi connectivity index (χ0) is 16.4. The molecule has 0 radical (unpaired) electrons. The van der Waals surface area contributed by atoms with Crippen molar-refractivity contribution in [1.29, 1.82) is 0 Å². The Morgan fingerprint density at radius 1 is 1.04 bits per heavy atom. The van der Waals surface area contributed by atoms with Gasteiger partial charge < -0.3 is 0 Å². The number of rotatable bonds is 3. The maximum Gasteiger partial charge on any atom is 0.256 e. The maximum absolute atomic E-state index is 12.7. The number of fused-ring (bicyclic) bond motifs is 1. The van der Waals surface area contributed by atoms with Gasteiger partial charge in [-0.2, -0.15) is 5.10 Å². The Balaban J connectivity index is 1.40. The minimum absolute atomic E-state index is 0.173. The molecule has 2 atom stereocenters. The quantitative estimate of drug-likeness (QED) is 0.855. The Labute approximate surface area is 144 Å². The molecule has 4 nitrogen and oxygen atoms in total. The summed E-state index contributed by atoms with van der Waals surface area (Å²) in [7, 11) is 0. The number of piperidine rings is 1. The number of likely N-dealkylation sites (tertiary alicyclic amines) is 1. The fraction of sp³-hybridized carbons (Fsp3) is 0.600. The second-order valence-electron chi connectivity index (χ2n) is 7.40. The van der Waals surface area contributed by atoms with Gasteiger partial charge in [-0.15, -0.1) is 0 Å². The van der Waals surface area contributed by atoms with Gasteiger partial charge in [0.2, 0.25) is 0 Å². The van der Waals surface area contributed by atoms with E-state index in [0.29, 0.717) is 12.6 Å². The SMILES string of the molecule is O=C(CN1CCCC2CCCCC21)N1CCC(c2ccccc2)=N1. The van der Waals surface area contributed by atoms with E-state index in [4.69, 9.17) is 0 Å². The summed E-state index contributed by atoms with van der Waals surface area (Å²) in [4.78, 5) is 15.2. The van der Waals surface area contributed by atoms with E-state index in [1.165, 1.54) is 38.5 Å². The van der Waals surface area contributed by atoms with Crippen molar-refractivity contribution < 1.29 is 4.79 Å². The van der Waals surface area contributed by atoms with Crippen molar-refractivity contribution in [3.05, 3.63) is 35.9 Å². The van der Waals surface area contributed by atoms with Crippen LogP contribution in [0.5, 0.6) is 0 Å². The first-order chi connectivity index (χ1) is 11.8. The molecule has 0 N–H and O–H groups in total. The first-order valence-electron chi connectivity index (χ1n) is 9.48. The lowest BCUT2D eigenvalue weighted by Gasteiger charge is -2.44. The molecule has 1 saturated heterocycles. The Hall–Kier alpha value is -1.68. The van der Waals surface area contributed by atoms with Crippen LogP contribution < -0.4 is 0 Å². The molecule has 2 aliphatic heterocycles. The molecule has 0 aromatic heterocycles. The number of hydrogen-bond donors (Lipinski definition) is 0. The largest absolute Gasteiger partial charge is 0.291 e. The van der Waals surface area contributed by atoms with Gasteiger partial charge in [-0.05, 0) is 43.7 Å². The van der Waals surface area contributed by atoms with Gasteiger partial charge in [0.15, 0.2) is 0 Å². The molecule has 2 heterocycles. The van der Waals surface area contributed by atoms with Crippen molar-refractivity contribution in [3.8, 4) is 0 Å². The lowest BCUT2D eigenvalue weighted by atomic mass is 9.78. The summed E-state index contributed by atoms with van der Waals surface area (Å²) in [5.74, 6) is 0.995. The fourth-order valence-electron chi connectivity index (χ4n) is 4.65. The Bertz CT molecular complexity index is 611. The summed E-state index contributed by atoms with van der Waals surface area (Å²) in [6, 6.07) is 10.8. The molecule has 4 heteroatoms. The predicted octanol–water partition coefficient (Wildman–Crippen LogP) is 3.28. The number of carbonyl (C=O) groups is 1. The first kappa shape index (κ1) is 15.8. The molecule has 1 aliphatic carbocycles. The zero-order valence-corrected chi connectivity index (χ0v) is 14.4. The van der Waals surface area contributed by atoms with Gasteiger partial charge in [0.1, 0.15) is 0 Å². The Morgan fingerprint density at radius 2 is 1.83 bits per heavy atom. The summed E-state index contributed by atoms with van der Waals surface area (Å²) in [5.41, 5.74) is 2.18. The Morgan fingerprint density at radius 3 is 2.71 bits per heavy atom. The van der Waals surface area contributed by atoms with Gasteiger partial charge in [-0.25, -0.2) is 5.01 Å². The molecule has 128 valence electrons. The molecule has 1 amide bonds. The summed E-state index contributed by atoms with van der Waals surface area (Å²) < 4.78 is 0. The lowest BCUT2D eigenvalue weighted by Crippen LogP contribution is -2.50. The first-order valence-corrected chi connectivity index (χ1v) is 9.48. The van der Waals surface area contributed by atoms with E-state index >= 15 is 0 Å². The minimum Gasteiger partial charge on any atom is -0.291 e. The second-order valence-corrected chi connectivity index (χ2v) is 7.40. The van der Waals surface area contributed by atoms with E-state index in [2.05, 4.69) is 22.1 Å². The highest BCUT2D eigenvalue weighted by Gasteiger charge is 2.35. The third kappa shape index (κ3) is 3.25. The van der Waals surface area contributed by atoms with E-state index in [-0.39, 0.29) is 5.91 Å².